The monoisotopic (exact) mass is 373 g/mol. The summed E-state index contributed by atoms with van der Waals surface area (Å²) in [6, 6.07) is 2.87. The third-order valence-electron chi connectivity index (χ3n) is 2.39. The minimum atomic E-state index is -0.632. The van der Waals surface area contributed by atoms with E-state index in [1.807, 2.05) is 12.3 Å². The molecule has 2 rings (SSSR count). The van der Waals surface area contributed by atoms with Crippen molar-refractivity contribution in [2.24, 2.45) is 0 Å². The second-order valence-corrected chi connectivity index (χ2v) is 7.40. The van der Waals surface area contributed by atoms with Crippen LogP contribution in [0.15, 0.2) is 21.3 Å². The van der Waals surface area contributed by atoms with Gasteiger partial charge in [-0.2, -0.15) is 0 Å². The van der Waals surface area contributed by atoms with Crippen molar-refractivity contribution in [2.45, 2.75) is 19.9 Å². The van der Waals surface area contributed by atoms with Gasteiger partial charge in [-0.1, -0.05) is 0 Å². The van der Waals surface area contributed by atoms with Gasteiger partial charge in [0.15, 0.2) is 5.13 Å². The molecular weight excluding hydrogens is 362 g/mol. The molecule has 20 heavy (non-hydrogen) atoms. The Kier molecular flexibility index (Phi) is 4.90. The summed E-state index contributed by atoms with van der Waals surface area (Å²) < 4.78 is 0.873. The van der Waals surface area contributed by atoms with Gasteiger partial charge in [-0.15, -0.1) is 22.7 Å². The van der Waals surface area contributed by atoms with Crippen LogP contribution in [-0.4, -0.2) is 22.8 Å². The quantitative estimate of drug-likeness (QED) is 0.864. The molecule has 0 aliphatic carbocycles. The zero-order valence-electron chi connectivity index (χ0n) is 10.8. The highest BCUT2D eigenvalue weighted by Crippen LogP contribution is 2.22. The van der Waals surface area contributed by atoms with Crippen molar-refractivity contribution in [3.05, 3.63) is 31.9 Å². The lowest BCUT2D eigenvalue weighted by Gasteiger charge is -2.12. The first kappa shape index (κ1) is 15.1. The zero-order valence-corrected chi connectivity index (χ0v) is 14.0. The lowest BCUT2D eigenvalue weighted by Crippen LogP contribution is -2.41. The molecule has 8 heteroatoms. The van der Waals surface area contributed by atoms with Gasteiger partial charge in [0.05, 0.1) is 14.4 Å². The maximum atomic E-state index is 11.9. The highest BCUT2D eigenvalue weighted by Gasteiger charge is 2.18. The number of carbonyl (C=O) groups is 2. The van der Waals surface area contributed by atoms with E-state index in [-0.39, 0.29) is 11.8 Å². The summed E-state index contributed by atoms with van der Waals surface area (Å²) >= 11 is 5.97. The Morgan fingerprint density at radius 1 is 1.40 bits per heavy atom. The molecule has 1 unspecified atom stereocenters. The largest absolute Gasteiger partial charge is 0.340 e. The van der Waals surface area contributed by atoms with Crippen LogP contribution in [0.5, 0.6) is 0 Å². The number of nitrogens with zero attached hydrogens (tertiary/aromatic N) is 1. The first-order valence-corrected chi connectivity index (χ1v) is 8.24. The van der Waals surface area contributed by atoms with Gasteiger partial charge in [-0.25, -0.2) is 4.98 Å². The summed E-state index contributed by atoms with van der Waals surface area (Å²) in [7, 11) is 0. The van der Waals surface area contributed by atoms with Crippen LogP contribution in [0, 0.1) is 6.92 Å². The lowest BCUT2D eigenvalue weighted by atomic mass is 10.3. The van der Waals surface area contributed by atoms with Gasteiger partial charge >= 0.3 is 0 Å². The summed E-state index contributed by atoms with van der Waals surface area (Å²) in [5.41, 5.74) is 0.852. The summed E-state index contributed by atoms with van der Waals surface area (Å²) in [5, 5.41) is 7.71. The molecule has 0 saturated heterocycles. The van der Waals surface area contributed by atoms with Gasteiger partial charge in [0, 0.05) is 5.38 Å². The maximum absolute atomic E-state index is 11.9. The van der Waals surface area contributed by atoms with E-state index in [1.54, 1.807) is 19.1 Å². The molecule has 0 aliphatic heterocycles. The molecule has 0 saturated carbocycles. The van der Waals surface area contributed by atoms with E-state index in [4.69, 9.17) is 0 Å². The summed E-state index contributed by atoms with van der Waals surface area (Å²) in [4.78, 5) is 28.5. The van der Waals surface area contributed by atoms with Crippen LogP contribution in [0.1, 0.15) is 22.3 Å². The number of rotatable bonds is 4. The molecule has 2 heterocycles. The van der Waals surface area contributed by atoms with E-state index in [9.17, 15) is 9.59 Å². The normalized spacial score (nSPS) is 11.9. The summed E-state index contributed by atoms with van der Waals surface area (Å²) in [6.45, 7) is 3.49. The van der Waals surface area contributed by atoms with Gasteiger partial charge in [0.2, 0.25) is 5.91 Å². The Morgan fingerprint density at radius 3 is 2.70 bits per heavy atom. The number of halogens is 1. The minimum Gasteiger partial charge on any atom is -0.340 e. The lowest BCUT2D eigenvalue weighted by molar-refractivity contribution is -0.117. The van der Waals surface area contributed by atoms with E-state index < -0.39 is 6.04 Å². The van der Waals surface area contributed by atoms with Gasteiger partial charge < -0.3 is 10.6 Å². The number of amides is 2. The zero-order chi connectivity index (χ0) is 14.7. The van der Waals surface area contributed by atoms with Crippen LogP contribution in [0.25, 0.3) is 0 Å². The minimum absolute atomic E-state index is 0.265. The SMILES string of the molecule is Cc1csc(NC(=O)C(C)NC(=O)c2ccc(Br)s2)n1. The van der Waals surface area contributed by atoms with Crippen LogP contribution >= 0.6 is 38.6 Å². The number of hydrogen-bond acceptors (Lipinski definition) is 5. The average molecular weight is 374 g/mol. The van der Waals surface area contributed by atoms with Crippen LogP contribution in [0.2, 0.25) is 0 Å². The molecule has 0 spiro atoms. The van der Waals surface area contributed by atoms with Crippen LogP contribution in [0.4, 0.5) is 5.13 Å². The van der Waals surface area contributed by atoms with E-state index in [0.717, 1.165) is 9.48 Å². The standard InChI is InChI=1S/C12H12BrN3O2S2/c1-6-5-19-12(14-6)16-10(17)7(2)15-11(18)8-3-4-9(13)20-8/h3-5,7H,1-2H3,(H,15,18)(H,14,16,17). The predicted molar refractivity (Wildman–Crippen MR) is 84.4 cm³/mol. The van der Waals surface area contributed by atoms with Crippen molar-refractivity contribution in [2.75, 3.05) is 5.32 Å². The summed E-state index contributed by atoms with van der Waals surface area (Å²) in [6.07, 6.45) is 0. The summed E-state index contributed by atoms with van der Waals surface area (Å²) in [5.74, 6) is -0.554. The van der Waals surface area contributed by atoms with Gasteiger partial charge in [-0.3, -0.25) is 9.59 Å². The van der Waals surface area contributed by atoms with E-state index in [1.165, 1.54) is 22.7 Å². The van der Waals surface area contributed by atoms with Crippen molar-refractivity contribution in [3.63, 3.8) is 0 Å². The molecule has 0 bridgehead atoms. The van der Waals surface area contributed by atoms with Crippen molar-refractivity contribution in [3.8, 4) is 0 Å². The molecule has 2 aromatic heterocycles. The van der Waals surface area contributed by atoms with E-state index in [0.29, 0.717) is 10.0 Å². The third kappa shape index (κ3) is 3.87. The molecular formula is C12H12BrN3O2S2. The number of anilines is 1. The van der Waals surface area contributed by atoms with Crippen molar-refractivity contribution in [1.29, 1.82) is 0 Å². The molecule has 106 valence electrons. The van der Waals surface area contributed by atoms with Crippen LogP contribution in [-0.2, 0) is 4.79 Å². The van der Waals surface area contributed by atoms with E-state index in [2.05, 4.69) is 31.5 Å². The van der Waals surface area contributed by atoms with Crippen LogP contribution < -0.4 is 10.6 Å². The van der Waals surface area contributed by atoms with E-state index >= 15 is 0 Å². The number of aromatic nitrogens is 1. The first-order valence-electron chi connectivity index (χ1n) is 5.75. The van der Waals surface area contributed by atoms with Crippen molar-refractivity contribution < 1.29 is 9.59 Å². The molecule has 2 N–H and O–H groups in total. The topological polar surface area (TPSA) is 71.1 Å². The smallest absolute Gasteiger partial charge is 0.262 e. The number of aryl methyl sites for hydroxylation is 1. The first-order chi connectivity index (χ1) is 9.45. The second kappa shape index (κ2) is 6.47. The second-order valence-electron chi connectivity index (χ2n) is 4.08. The van der Waals surface area contributed by atoms with Gasteiger partial charge in [0.25, 0.3) is 5.91 Å². The molecule has 2 aromatic rings. The number of thiazole rings is 1. The average Bonchev–Trinajstić information content (AvgIpc) is 2.98. The highest BCUT2D eigenvalue weighted by molar-refractivity contribution is 9.11. The number of thiophene rings is 1. The molecule has 2 amide bonds. The number of nitrogens with one attached hydrogen (secondary N) is 2. The number of carbonyl (C=O) groups excluding carboxylic acids is 2. The molecule has 0 aliphatic rings. The Bertz CT molecular complexity index is 638. The van der Waals surface area contributed by atoms with Gasteiger partial charge in [0.1, 0.15) is 6.04 Å². The predicted octanol–water partition coefficient (Wildman–Crippen LogP) is 3.03. The molecule has 5 nitrogen and oxygen atoms in total. The van der Waals surface area contributed by atoms with Crippen molar-refractivity contribution in [1.82, 2.24) is 10.3 Å². The Labute approximate surface area is 132 Å². The van der Waals surface area contributed by atoms with Crippen LogP contribution in [0.3, 0.4) is 0 Å². The fourth-order valence-corrected chi connectivity index (χ4v) is 3.37. The van der Waals surface area contributed by atoms with Crippen molar-refractivity contribution >= 4 is 55.5 Å². The molecule has 0 fully saturated rings. The Balaban J connectivity index is 1.92. The number of hydrogen-bond donors (Lipinski definition) is 2. The Morgan fingerprint density at radius 2 is 2.15 bits per heavy atom. The molecule has 1 atom stereocenters. The highest BCUT2D eigenvalue weighted by atomic mass is 79.9. The Hall–Kier alpha value is -1.25. The fourth-order valence-electron chi connectivity index (χ4n) is 1.39. The fraction of sp³-hybridized carbons (Fsp3) is 0.250. The third-order valence-corrected chi connectivity index (χ3v) is 4.89. The molecule has 0 aromatic carbocycles. The maximum Gasteiger partial charge on any atom is 0.262 e. The molecule has 0 radical (unpaired) electrons. The van der Waals surface area contributed by atoms with Gasteiger partial charge in [-0.05, 0) is 41.9 Å².